The van der Waals surface area contributed by atoms with E-state index in [4.69, 9.17) is 0 Å². The molecule has 1 heterocycles. The van der Waals surface area contributed by atoms with Gasteiger partial charge in [0.15, 0.2) is 0 Å². The summed E-state index contributed by atoms with van der Waals surface area (Å²) in [6, 6.07) is 6.02. The summed E-state index contributed by atoms with van der Waals surface area (Å²) in [5.41, 5.74) is 0.732. The predicted octanol–water partition coefficient (Wildman–Crippen LogP) is 0.119. The zero-order valence-electron chi connectivity index (χ0n) is 10.6. The number of anilines is 1. The van der Waals surface area contributed by atoms with E-state index in [1.165, 1.54) is 12.1 Å². The smallest absolute Gasteiger partial charge is 0.271 e. The molecule has 1 atom stereocenters. The Labute approximate surface area is 110 Å². The van der Waals surface area contributed by atoms with Crippen molar-refractivity contribution in [3.63, 3.8) is 0 Å². The molecule has 0 saturated carbocycles. The number of nitro benzene ring substituents is 1. The molecule has 102 valence electrons. The van der Waals surface area contributed by atoms with E-state index < -0.39 is 4.92 Å². The molecule has 19 heavy (non-hydrogen) atoms. The summed E-state index contributed by atoms with van der Waals surface area (Å²) >= 11 is 0. The monoisotopic (exact) mass is 264 g/mol. The van der Waals surface area contributed by atoms with Crippen LogP contribution >= 0.6 is 0 Å². The van der Waals surface area contributed by atoms with Crippen molar-refractivity contribution in [3.8, 4) is 0 Å². The zero-order valence-corrected chi connectivity index (χ0v) is 10.6. The first-order valence-electron chi connectivity index (χ1n) is 6.07. The number of carbonyl (C=O) groups is 1. The number of nitrogens with zero attached hydrogens (tertiary/aromatic N) is 2. The van der Waals surface area contributed by atoms with Crippen LogP contribution in [0.5, 0.6) is 0 Å². The Morgan fingerprint density at radius 1 is 1.58 bits per heavy atom. The number of amides is 1. The lowest BCUT2D eigenvalue weighted by atomic mass is 10.1. The van der Waals surface area contributed by atoms with Gasteiger partial charge in [0.2, 0.25) is 5.91 Å². The Bertz CT molecular complexity index is 492. The van der Waals surface area contributed by atoms with Crippen molar-refractivity contribution in [1.29, 1.82) is 0 Å². The number of piperazine rings is 1. The van der Waals surface area contributed by atoms with Gasteiger partial charge in [-0.25, -0.2) is 0 Å². The molecule has 7 heteroatoms. The minimum Gasteiger partial charge on any atom is -0.357 e. The van der Waals surface area contributed by atoms with Gasteiger partial charge < -0.3 is 15.5 Å². The zero-order chi connectivity index (χ0) is 13.8. The van der Waals surface area contributed by atoms with Gasteiger partial charge in [0.25, 0.3) is 5.69 Å². The van der Waals surface area contributed by atoms with E-state index in [0.717, 1.165) is 6.54 Å². The van der Waals surface area contributed by atoms with E-state index in [2.05, 4.69) is 10.6 Å². The Morgan fingerprint density at radius 2 is 2.37 bits per heavy atom. The summed E-state index contributed by atoms with van der Waals surface area (Å²) in [7, 11) is 1.59. The average molecular weight is 264 g/mol. The largest absolute Gasteiger partial charge is 0.357 e. The molecule has 7 nitrogen and oxygen atoms in total. The van der Waals surface area contributed by atoms with Gasteiger partial charge in [0.1, 0.15) is 6.04 Å². The first-order valence-corrected chi connectivity index (χ1v) is 6.07. The first-order chi connectivity index (χ1) is 9.13. The Hall–Kier alpha value is -2.15. The lowest BCUT2D eigenvalue weighted by Gasteiger charge is -2.36. The molecule has 1 aliphatic heterocycles. The Kier molecular flexibility index (Phi) is 3.96. The molecule has 0 bridgehead atoms. The molecule has 1 aromatic rings. The fourth-order valence-electron chi connectivity index (χ4n) is 2.20. The Balaban J connectivity index is 2.29. The number of hydrogen-bond donors (Lipinski definition) is 2. The van der Waals surface area contributed by atoms with Gasteiger partial charge in [-0.3, -0.25) is 14.9 Å². The second-order valence-corrected chi connectivity index (χ2v) is 4.30. The summed E-state index contributed by atoms with van der Waals surface area (Å²) in [5, 5.41) is 16.6. The molecule has 2 N–H and O–H groups in total. The molecule has 0 aromatic heterocycles. The molecule has 1 unspecified atom stereocenters. The fraction of sp³-hybridized carbons (Fsp3) is 0.417. The van der Waals surface area contributed by atoms with E-state index in [0.29, 0.717) is 18.8 Å². The van der Waals surface area contributed by atoms with Crippen molar-refractivity contribution >= 4 is 17.3 Å². The van der Waals surface area contributed by atoms with Gasteiger partial charge in [-0.05, 0) is 6.07 Å². The maximum Gasteiger partial charge on any atom is 0.271 e. The molecule has 1 amide bonds. The highest BCUT2D eigenvalue weighted by atomic mass is 16.6. The summed E-state index contributed by atoms with van der Waals surface area (Å²) in [5.74, 6) is -0.0984. The van der Waals surface area contributed by atoms with Crippen molar-refractivity contribution in [3.05, 3.63) is 34.4 Å². The number of nitro groups is 1. The second-order valence-electron chi connectivity index (χ2n) is 4.30. The van der Waals surface area contributed by atoms with E-state index in [9.17, 15) is 14.9 Å². The third-order valence-electron chi connectivity index (χ3n) is 3.16. The van der Waals surface area contributed by atoms with Crippen molar-refractivity contribution in [2.75, 3.05) is 31.6 Å². The van der Waals surface area contributed by atoms with Crippen molar-refractivity contribution in [2.45, 2.75) is 6.04 Å². The van der Waals surface area contributed by atoms with Gasteiger partial charge in [0, 0.05) is 44.5 Å². The number of rotatable bonds is 3. The average Bonchev–Trinajstić information content (AvgIpc) is 2.46. The molecular weight excluding hydrogens is 248 g/mol. The van der Waals surface area contributed by atoms with Crippen molar-refractivity contribution in [1.82, 2.24) is 10.6 Å². The molecule has 2 rings (SSSR count). The third-order valence-corrected chi connectivity index (χ3v) is 3.16. The van der Waals surface area contributed by atoms with Crippen LogP contribution in [0.3, 0.4) is 0 Å². The summed E-state index contributed by atoms with van der Waals surface area (Å²) < 4.78 is 0. The topological polar surface area (TPSA) is 87.5 Å². The SMILES string of the molecule is CNC(=O)C1CNCCN1c1cccc([N+](=O)[O-])c1. The maximum atomic E-state index is 11.8. The van der Waals surface area contributed by atoms with Gasteiger partial charge in [-0.2, -0.15) is 0 Å². The second kappa shape index (κ2) is 5.66. The predicted molar refractivity (Wildman–Crippen MR) is 71.2 cm³/mol. The minimum absolute atomic E-state index is 0.0340. The van der Waals surface area contributed by atoms with Crippen LogP contribution in [-0.4, -0.2) is 43.6 Å². The lowest BCUT2D eigenvalue weighted by Crippen LogP contribution is -2.57. The number of hydrogen-bond acceptors (Lipinski definition) is 5. The molecule has 1 aliphatic rings. The molecular formula is C12H16N4O3. The van der Waals surface area contributed by atoms with Crippen LogP contribution < -0.4 is 15.5 Å². The molecule has 0 aliphatic carbocycles. The normalized spacial score (nSPS) is 19.0. The van der Waals surface area contributed by atoms with E-state index in [1.807, 2.05) is 4.90 Å². The van der Waals surface area contributed by atoms with Crippen LogP contribution in [0.4, 0.5) is 11.4 Å². The van der Waals surface area contributed by atoms with E-state index in [1.54, 1.807) is 19.2 Å². The fourth-order valence-corrected chi connectivity index (χ4v) is 2.20. The molecule has 1 aromatic carbocycles. The summed E-state index contributed by atoms with van der Waals surface area (Å²) in [6.45, 7) is 1.91. The molecule has 1 fully saturated rings. The van der Waals surface area contributed by atoms with Gasteiger partial charge >= 0.3 is 0 Å². The summed E-state index contributed by atoms with van der Waals surface area (Å²) in [6.07, 6.45) is 0. The highest BCUT2D eigenvalue weighted by molar-refractivity contribution is 5.85. The molecule has 0 spiro atoms. The maximum absolute atomic E-state index is 11.8. The van der Waals surface area contributed by atoms with E-state index >= 15 is 0 Å². The van der Waals surface area contributed by atoms with Gasteiger partial charge in [0.05, 0.1) is 4.92 Å². The van der Waals surface area contributed by atoms with E-state index in [-0.39, 0.29) is 17.6 Å². The highest BCUT2D eigenvalue weighted by Gasteiger charge is 2.28. The first kappa shape index (κ1) is 13.3. The van der Waals surface area contributed by atoms with Crippen LogP contribution in [-0.2, 0) is 4.79 Å². The number of nitrogens with one attached hydrogen (secondary N) is 2. The van der Waals surface area contributed by atoms with Crippen LogP contribution in [0, 0.1) is 10.1 Å². The highest BCUT2D eigenvalue weighted by Crippen LogP contribution is 2.23. The van der Waals surface area contributed by atoms with Crippen LogP contribution in [0.2, 0.25) is 0 Å². The number of carbonyl (C=O) groups excluding carboxylic acids is 1. The number of benzene rings is 1. The van der Waals surface area contributed by atoms with Crippen LogP contribution in [0.25, 0.3) is 0 Å². The standard InChI is InChI=1S/C12H16N4O3/c1-13-12(17)11-8-14-5-6-15(11)9-3-2-4-10(7-9)16(18)19/h2-4,7,11,14H,5-6,8H2,1H3,(H,13,17). The summed E-state index contributed by atoms with van der Waals surface area (Å²) in [4.78, 5) is 24.1. The Morgan fingerprint density at radius 3 is 3.05 bits per heavy atom. The minimum atomic E-state index is -0.430. The van der Waals surface area contributed by atoms with Crippen molar-refractivity contribution < 1.29 is 9.72 Å². The van der Waals surface area contributed by atoms with Crippen LogP contribution in [0.15, 0.2) is 24.3 Å². The van der Waals surface area contributed by atoms with Crippen LogP contribution in [0.1, 0.15) is 0 Å². The number of non-ortho nitro benzene ring substituents is 1. The lowest BCUT2D eigenvalue weighted by molar-refractivity contribution is -0.384. The quantitative estimate of drug-likeness (QED) is 0.598. The van der Waals surface area contributed by atoms with Crippen molar-refractivity contribution in [2.24, 2.45) is 0 Å². The number of likely N-dealkylation sites (N-methyl/N-ethyl adjacent to an activating group) is 1. The molecule has 1 saturated heterocycles. The van der Waals surface area contributed by atoms with Gasteiger partial charge in [-0.15, -0.1) is 0 Å². The molecule has 0 radical (unpaired) electrons. The third kappa shape index (κ3) is 2.82. The van der Waals surface area contributed by atoms with Gasteiger partial charge in [-0.1, -0.05) is 6.07 Å².